The second-order valence-corrected chi connectivity index (χ2v) is 9.75. The number of carboxylic acid groups (broad SMARTS) is 1. The minimum atomic E-state index is -0.975. The van der Waals surface area contributed by atoms with Crippen LogP contribution in [0.4, 0.5) is 10.6 Å². The van der Waals surface area contributed by atoms with E-state index in [4.69, 9.17) is 23.2 Å². The van der Waals surface area contributed by atoms with Crippen molar-refractivity contribution < 1.29 is 9.90 Å². The number of carbonyl (C=O) groups is 1. The average molecular weight is 505 g/mol. The van der Waals surface area contributed by atoms with Crippen molar-refractivity contribution in [1.29, 1.82) is 0 Å². The number of halogens is 2. The van der Waals surface area contributed by atoms with Gasteiger partial charge in [-0.15, -0.1) is 0 Å². The molecule has 1 fully saturated rings. The molecule has 1 N–H and O–H groups in total. The van der Waals surface area contributed by atoms with Gasteiger partial charge in [-0.25, -0.2) is 19.1 Å². The van der Waals surface area contributed by atoms with Gasteiger partial charge >= 0.3 is 11.8 Å². The Labute approximate surface area is 207 Å². The molecular formula is C23H26Cl2N6O3. The predicted octanol–water partition coefficient (Wildman–Crippen LogP) is 4.49. The summed E-state index contributed by atoms with van der Waals surface area (Å²) in [6.07, 6.45) is 0.739. The second-order valence-electron chi connectivity index (χ2n) is 8.99. The van der Waals surface area contributed by atoms with Crippen molar-refractivity contribution in [3.8, 4) is 5.69 Å². The zero-order valence-electron chi connectivity index (χ0n) is 19.6. The average Bonchev–Trinajstić information content (AvgIpc) is 2.76. The fourth-order valence-electron chi connectivity index (χ4n) is 4.48. The Morgan fingerprint density at radius 2 is 1.88 bits per heavy atom. The Hall–Kier alpha value is -2.91. The quantitative estimate of drug-likeness (QED) is 0.523. The summed E-state index contributed by atoms with van der Waals surface area (Å²) in [4.78, 5) is 42.0. The SMILES string of the molecule is Cc1ccnc(C(C)C)c1-n1c(=O)nc(N2C[C@@H](C)N(C(=O)O)C[C@@H]2C)c2cc(Cl)c(Cl)nc21. The van der Waals surface area contributed by atoms with E-state index in [1.54, 1.807) is 12.3 Å². The molecule has 2 atom stereocenters. The van der Waals surface area contributed by atoms with Gasteiger partial charge in [-0.1, -0.05) is 37.0 Å². The third kappa shape index (κ3) is 4.07. The van der Waals surface area contributed by atoms with Gasteiger partial charge < -0.3 is 14.9 Å². The van der Waals surface area contributed by atoms with Crippen molar-refractivity contribution in [2.45, 2.75) is 52.6 Å². The number of aromatic nitrogens is 4. The maximum Gasteiger partial charge on any atom is 0.407 e. The van der Waals surface area contributed by atoms with Gasteiger partial charge in [0.2, 0.25) is 0 Å². The van der Waals surface area contributed by atoms with E-state index in [-0.39, 0.29) is 34.7 Å². The highest BCUT2D eigenvalue weighted by Gasteiger charge is 2.34. The lowest BCUT2D eigenvalue weighted by Crippen LogP contribution is -2.58. The monoisotopic (exact) mass is 504 g/mol. The van der Waals surface area contributed by atoms with Crippen LogP contribution >= 0.6 is 23.2 Å². The molecular weight excluding hydrogens is 479 g/mol. The Bertz CT molecular complexity index is 1340. The molecule has 0 aromatic carbocycles. The van der Waals surface area contributed by atoms with Gasteiger partial charge in [0.05, 0.1) is 21.8 Å². The molecule has 1 amide bonds. The number of anilines is 1. The van der Waals surface area contributed by atoms with Gasteiger partial charge in [0.25, 0.3) is 0 Å². The minimum absolute atomic E-state index is 0.0456. The summed E-state index contributed by atoms with van der Waals surface area (Å²) in [7, 11) is 0. The molecule has 9 nitrogen and oxygen atoms in total. The van der Waals surface area contributed by atoms with E-state index in [1.165, 1.54) is 9.47 Å². The molecule has 0 unspecified atom stereocenters. The van der Waals surface area contributed by atoms with Gasteiger partial charge in [-0.3, -0.25) is 4.98 Å². The largest absolute Gasteiger partial charge is 0.465 e. The van der Waals surface area contributed by atoms with E-state index in [1.807, 2.05) is 45.6 Å². The molecule has 1 saturated heterocycles. The molecule has 3 aromatic rings. The molecule has 4 heterocycles. The Balaban J connectivity index is 2.01. The number of aryl methyl sites for hydroxylation is 1. The maximum absolute atomic E-state index is 13.6. The summed E-state index contributed by atoms with van der Waals surface area (Å²) in [6, 6.07) is 2.97. The lowest BCUT2D eigenvalue weighted by Gasteiger charge is -2.43. The second kappa shape index (κ2) is 9.03. The number of pyridine rings is 2. The smallest absolute Gasteiger partial charge is 0.407 e. The summed E-state index contributed by atoms with van der Waals surface area (Å²) in [6.45, 7) is 10.3. The van der Waals surface area contributed by atoms with Gasteiger partial charge in [0, 0.05) is 31.4 Å². The summed E-state index contributed by atoms with van der Waals surface area (Å²) in [5.41, 5.74) is 2.01. The molecule has 180 valence electrons. The molecule has 0 aliphatic carbocycles. The summed E-state index contributed by atoms with van der Waals surface area (Å²) in [5, 5.41) is 10.4. The molecule has 11 heteroatoms. The van der Waals surface area contributed by atoms with Gasteiger partial charge in [-0.2, -0.15) is 4.98 Å². The molecule has 0 bridgehead atoms. The number of fused-ring (bicyclic) bond motifs is 1. The number of amides is 1. The lowest BCUT2D eigenvalue weighted by molar-refractivity contribution is 0.114. The van der Waals surface area contributed by atoms with Crippen molar-refractivity contribution in [2.24, 2.45) is 0 Å². The fraction of sp³-hybridized carbons (Fsp3) is 0.435. The molecule has 1 aliphatic rings. The van der Waals surface area contributed by atoms with Crippen molar-refractivity contribution in [3.05, 3.63) is 50.2 Å². The normalized spacial score (nSPS) is 18.7. The first kappa shape index (κ1) is 24.2. The zero-order valence-corrected chi connectivity index (χ0v) is 21.1. The Morgan fingerprint density at radius 3 is 2.53 bits per heavy atom. The standard InChI is InChI=1S/C23H26Cl2N6O3/c1-11(2)17-18(12(3)6-7-26-17)31-21-15(8-16(24)19(25)27-21)20(28-22(31)32)29-9-14(5)30(23(33)34)10-13(29)4/h6-8,11,13-14H,9-10H2,1-5H3,(H,33,34)/t13-,14+/m0/s1. The number of hydrogen-bond acceptors (Lipinski definition) is 6. The number of nitrogens with zero attached hydrogens (tertiary/aromatic N) is 6. The predicted molar refractivity (Wildman–Crippen MR) is 133 cm³/mol. The van der Waals surface area contributed by atoms with Crippen LogP contribution in [0.3, 0.4) is 0 Å². The van der Waals surface area contributed by atoms with Gasteiger partial charge in [-0.05, 0) is 44.4 Å². The first-order valence-corrected chi connectivity index (χ1v) is 11.8. The molecule has 0 saturated carbocycles. The first-order chi connectivity index (χ1) is 16.0. The fourth-order valence-corrected chi connectivity index (χ4v) is 4.76. The number of hydrogen-bond donors (Lipinski definition) is 1. The third-order valence-electron chi connectivity index (χ3n) is 6.19. The number of rotatable bonds is 3. The number of piperazine rings is 1. The van der Waals surface area contributed by atoms with Crippen molar-refractivity contribution in [1.82, 2.24) is 24.4 Å². The van der Waals surface area contributed by atoms with E-state index in [0.717, 1.165) is 11.3 Å². The highest BCUT2D eigenvalue weighted by molar-refractivity contribution is 6.41. The first-order valence-electron chi connectivity index (χ1n) is 11.0. The van der Waals surface area contributed by atoms with E-state index in [0.29, 0.717) is 29.1 Å². The van der Waals surface area contributed by atoms with Crippen LogP contribution in [0.5, 0.6) is 0 Å². The Kier molecular flexibility index (Phi) is 6.44. The maximum atomic E-state index is 13.6. The van der Waals surface area contributed by atoms with Crippen molar-refractivity contribution >= 4 is 46.1 Å². The van der Waals surface area contributed by atoms with Crippen LogP contribution in [-0.4, -0.2) is 60.8 Å². The van der Waals surface area contributed by atoms with E-state index >= 15 is 0 Å². The van der Waals surface area contributed by atoms with Crippen LogP contribution in [0.1, 0.15) is 44.9 Å². The molecule has 3 aromatic heterocycles. The zero-order chi connectivity index (χ0) is 24.9. The Morgan fingerprint density at radius 1 is 1.18 bits per heavy atom. The minimum Gasteiger partial charge on any atom is -0.465 e. The molecule has 4 rings (SSSR count). The summed E-state index contributed by atoms with van der Waals surface area (Å²) < 4.78 is 1.44. The molecule has 1 aliphatic heterocycles. The van der Waals surface area contributed by atoms with E-state index in [2.05, 4.69) is 15.0 Å². The van der Waals surface area contributed by atoms with E-state index < -0.39 is 11.8 Å². The van der Waals surface area contributed by atoms with Gasteiger partial charge in [0.15, 0.2) is 5.65 Å². The van der Waals surface area contributed by atoms with E-state index in [9.17, 15) is 14.7 Å². The van der Waals surface area contributed by atoms with Gasteiger partial charge in [0.1, 0.15) is 11.0 Å². The van der Waals surface area contributed by atoms with Crippen molar-refractivity contribution in [2.75, 3.05) is 18.0 Å². The topological polar surface area (TPSA) is 104 Å². The van der Waals surface area contributed by atoms with Crippen LogP contribution in [0.2, 0.25) is 10.2 Å². The highest BCUT2D eigenvalue weighted by Crippen LogP contribution is 2.34. The highest BCUT2D eigenvalue weighted by atomic mass is 35.5. The summed E-state index contributed by atoms with van der Waals surface area (Å²) >= 11 is 12.7. The van der Waals surface area contributed by atoms with Crippen LogP contribution in [0.15, 0.2) is 23.1 Å². The third-order valence-corrected chi connectivity index (χ3v) is 6.86. The molecule has 0 radical (unpaired) electrons. The lowest BCUT2D eigenvalue weighted by atomic mass is 10.0. The molecule has 0 spiro atoms. The van der Waals surface area contributed by atoms with Crippen LogP contribution in [0, 0.1) is 6.92 Å². The molecule has 34 heavy (non-hydrogen) atoms. The van der Waals surface area contributed by atoms with Crippen molar-refractivity contribution in [3.63, 3.8) is 0 Å². The van der Waals surface area contributed by atoms with Crippen LogP contribution < -0.4 is 10.6 Å². The summed E-state index contributed by atoms with van der Waals surface area (Å²) in [5.74, 6) is 0.448. The van der Waals surface area contributed by atoms with Crippen LogP contribution in [0.25, 0.3) is 16.7 Å². The van der Waals surface area contributed by atoms with Crippen LogP contribution in [-0.2, 0) is 0 Å².